The van der Waals surface area contributed by atoms with Crippen LogP contribution in [0.25, 0.3) is 11.9 Å². The highest BCUT2D eigenvalue weighted by atomic mass is 15.1. The summed E-state index contributed by atoms with van der Waals surface area (Å²) in [5.74, 6) is 0.744. The first-order chi connectivity index (χ1) is 7.15. The van der Waals surface area contributed by atoms with Crippen molar-refractivity contribution in [3.8, 4) is 0 Å². The summed E-state index contributed by atoms with van der Waals surface area (Å²) >= 11 is 0. The smallest absolute Gasteiger partial charge is 0.234 e. The van der Waals surface area contributed by atoms with Gasteiger partial charge in [-0.1, -0.05) is 0 Å². The van der Waals surface area contributed by atoms with Crippen molar-refractivity contribution in [1.82, 2.24) is 19.3 Å². The molecule has 4 nitrogen and oxygen atoms in total. The molecular weight excluding hydrogens is 188 g/mol. The third-order valence-electron chi connectivity index (χ3n) is 2.01. The van der Waals surface area contributed by atoms with Crippen molar-refractivity contribution >= 4 is 11.9 Å². The zero-order valence-electron chi connectivity index (χ0n) is 9.18. The van der Waals surface area contributed by atoms with Gasteiger partial charge in [0.05, 0.1) is 11.4 Å². The number of aryl methyl sites for hydroxylation is 1. The second-order valence-electron chi connectivity index (χ2n) is 3.72. The average Bonchev–Trinajstić information content (AvgIpc) is 2.53. The van der Waals surface area contributed by atoms with Gasteiger partial charge >= 0.3 is 0 Å². The molecule has 0 aliphatic rings. The van der Waals surface area contributed by atoms with E-state index in [-0.39, 0.29) is 0 Å². The molecule has 2 rings (SSSR count). The molecule has 0 aromatic carbocycles. The largest absolute Gasteiger partial charge is 0.383 e. The average molecular weight is 202 g/mol. The lowest BCUT2D eigenvalue weighted by Crippen LogP contribution is -2.00. The Bertz CT molecular complexity index is 496. The predicted molar refractivity (Wildman–Crippen MR) is 60.4 cm³/mol. The van der Waals surface area contributed by atoms with E-state index < -0.39 is 0 Å². The van der Waals surface area contributed by atoms with Crippen molar-refractivity contribution in [1.29, 1.82) is 0 Å². The lowest BCUT2D eigenvalue weighted by atomic mass is 10.4. The first-order valence-electron chi connectivity index (χ1n) is 4.82. The summed E-state index contributed by atoms with van der Waals surface area (Å²) in [6.07, 6.45) is 7.86. The molecule has 0 fully saturated rings. The molecular formula is C11H14N4. The molecule has 0 saturated heterocycles. The topological polar surface area (TPSA) is 33.4 Å². The predicted octanol–water partition coefficient (Wildman–Crippen LogP) is 1.57. The van der Waals surface area contributed by atoms with E-state index in [0.29, 0.717) is 0 Å². The normalized spacial score (nSPS) is 11.4. The summed E-state index contributed by atoms with van der Waals surface area (Å²) in [7, 11) is 3.96. The van der Waals surface area contributed by atoms with Gasteiger partial charge in [-0.2, -0.15) is 0 Å². The number of rotatable bonds is 2. The van der Waals surface area contributed by atoms with Crippen molar-refractivity contribution in [2.24, 2.45) is 0 Å². The van der Waals surface area contributed by atoms with Crippen molar-refractivity contribution < 1.29 is 0 Å². The van der Waals surface area contributed by atoms with Gasteiger partial charge in [-0.3, -0.25) is 4.40 Å². The maximum atomic E-state index is 4.41. The minimum atomic E-state index is 0.744. The molecule has 2 heterocycles. The second kappa shape index (κ2) is 3.73. The Kier molecular flexibility index (Phi) is 2.41. The van der Waals surface area contributed by atoms with Crippen LogP contribution in [-0.2, 0) is 0 Å². The number of hydrogen-bond acceptors (Lipinski definition) is 3. The third-order valence-corrected chi connectivity index (χ3v) is 2.01. The van der Waals surface area contributed by atoms with Crippen LogP contribution in [-0.4, -0.2) is 33.4 Å². The Labute approximate surface area is 88.9 Å². The molecule has 0 amide bonds. The highest BCUT2D eigenvalue weighted by Crippen LogP contribution is 2.04. The molecule has 0 aliphatic carbocycles. The van der Waals surface area contributed by atoms with Crippen LogP contribution in [0.1, 0.15) is 11.4 Å². The van der Waals surface area contributed by atoms with E-state index in [2.05, 4.69) is 9.97 Å². The minimum Gasteiger partial charge on any atom is -0.383 e. The molecule has 15 heavy (non-hydrogen) atoms. The van der Waals surface area contributed by atoms with Gasteiger partial charge in [0.15, 0.2) is 0 Å². The summed E-state index contributed by atoms with van der Waals surface area (Å²) in [6.45, 7) is 1.96. The zero-order valence-corrected chi connectivity index (χ0v) is 9.18. The molecule has 0 aliphatic heterocycles. The van der Waals surface area contributed by atoms with Crippen molar-refractivity contribution in [2.45, 2.75) is 6.92 Å². The van der Waals surface area contributed by atoms with Crippen molar-refractivity contribution in [3.63, 3.8) is 0 Å². The summed E-state index contributed by atoms with van der Waals surface area (Å²) in [5, 5.41) is 0. The maximum absolute atomic E-state index is 4.41. The highest BCUT2D eigenvalue weighted by molar-refractivity contribution is 5.47. The Morgan fingerprint density at radius 1 is 1.33 bits per heavy atom. The molecule has 0 saturated carbocycles. The Morgan fingerprint density at radius 2 is 2.13 bits per heavy atom. The SMILES string of the molecule is Cc1cn2ccc(C=CN(C)C)nc2n1. The Balaban J connectivity index is 2.38. The lowest BCUT2D eigenvalue weighted by molar-refractivity contribution is 0.567. The van der Waals surface area contributed by atoms with E-state index in [9.17, 15) is 0 Å². The zero-order chi connectivity index (χ0) is 10.8. The lowest BCUT2D eigenvalue weighted by Gasteiger charge is -2.02. The molecule has 2 aromatic heterocycles. The fourth-order valence-electron chi connectivity index (χ4n) is 1.32. The third kappa shape index (κ3) is 2.15. The van der Waals surface area contributed by atoms with Gasteiger partial charge in [0.25, 0.3) is 0 Å². The van der Waals surface area contributed by atoms with E-state index in [1.54, 1.807) is 0 Å². The minimum absolute atomic E-state index is 0.744. The monoisotopic (exact) mass is 202 g/mol. The highest BCUT2D eigenvalue weighted by Gasteiger charge is 1.98. The fraction of sp³-hybridized carbons (Fsp3) is 0.273. The molecule has 0 spiro atoms. The van der Waals surface area contributed by atoms with E-state index >= 15 is 0 Å². The Morgan fingerprint density at radius 3 is 2.87 bits per heavy atom. The van der Waals surface area contributed by atoms with Crippen molar-refractivity contribution in [3.05, 3.63) is 36.0 Å². The van der Waals surface area contributed by atoms with Gasteiger partial charge < -0.3 is 4.90 Å². The quantitative estimate of drug-likeness (QED) is 0.741. The number of aromatic nitrogens is 3. The van der Waals surface area contributed by atoms with Gasteiger partial charge in [-0.25, -0.2) is 9.97 Å². The van der Waals surface area contributed by atoms with E-state index in [4.69, 9.17) is 0 Å². The summed E-state index contributed by atoms with van der Waals surface area (Å²) < 4.78 is 1.92. The first-order valence-corrected chi connectivity index (χ1v) is 4.82. The number of imidazole rings is 1. The standard InChI is InChI=1S/C11H14N4/c1-9-8-15-7-5-10(4-6-14(2)3)13-11(15)12-9/h4-8H,1-3H3. The summed E-state index contributed by atoms with van der Waals surface area (Å²) in [5.41, 5.74) is 1.90. The number of hydrogen-bond donors (Lipinski definition) is 0. The van der Waals surface area contributed by atoms with Crippen LogP contribution in [0.5, 0.6) is 0 Å². The van der Waals surface area contributed by atoms with Crippen molar-refractivity contribution in [2.75, 3.05) is 14.1 Å². The van der Waals surface area contributed by atoms with Crippen LogP contribution in [0, 0.1) is 6.92 Å². The summed E-state index contributed by atoms with van der Waals surface area (Å²) in [4.78, 5) is 10.7. The van der Waals surface area contributed by atoms with Crippen LogP contribution >= 0.6 is 0 Å². The van der Waals surface area contributed by atoms with Gasteiger partial charge in [-0.15, -0.1) is 0 Å². The van der Waals surface area contributed by atoms with Gasteiger partial charge in [0.2, 0.25) is 5.78 Å². The second-order valence-corrected chi connectivity index (χ2v) is 3.72. The Hall–Kier alpha value is -1.84. The molecule has 78 valence electrons. The number of fused-ring (bicyclic) bond motifs is 1. The van der Waals surface area contributed by atoms with Crippen LogP contribution in [0.15, 0.2) is 24.7 Å². The van der Waals surface area contributed by atoms with Gasteiger partial charge in [0, 0.05) is 32.7 Å². The fourth-order valence-corrected chi connectivity index (χ4v) is 1.32. The van der Waals surface area contributed by atoms with Crippen LogP contribution in [0.2, 0.25) is 0 Å². The van der Waals surface area contributed by atoms with Crippen LogP contribution < -0.4 is 0 Å². The van der Waals surface area contributed by atoms with Gasteiger partial charge in [-0.05, 0) is 19.1 Å². The molecule has 0 unspecified atom stereocenters. The van der Waals surface area contributed by atoms with E-state index in [1.807, 2.05) is 61.1 Å². The molecule has 0 N–H and O–H groups in total. The number of nitrogens with zero attached hydrogens (tertiary/aromatic N) is 4. The molecule has 0 radical (unpaired) electrons. The van der Waals surface area contributed by atoms with Crippen LogP contribution in [0.4, 0.5) is 0 Å². The van der Waals surface area contributed by atoms with Crippen LogP contribution in [0.3, 0.4) is 0 Å². The summed E-state index contributed by atoms with van der Waals surface area (Å²) in [6, 6.07) is 1.97. The molecule has 0 atom stereocenters. The maximum Gasteiger partial charge on any atom is 0.234 e. The first kappa shape index (κ1) is 9.71. The molecule has 4 heteroatoms. The van der Waals surface area contributed by atoms with E-state index in [1.165, 1.54) is 0 Å². The van der Waals surface area contributed by atoms with Gasteiger partial charge in [0.1, 0.15) is 0 Å². The molecule has 2 aromatic rings. The molecule has 0 bridgehead atoms. The van der Waals surface area contributed by atoms with E-state index in [0.717, 1.165) is 17.2 Å².